The topological polar surface area (TPSA) is 144 Å². The zero-order chi connectivity index (χ0) is 15.6. The number of aliphatic hydroxyl groups is 2. The van der Waals surface area contributed by atoms with Crippen molar-refractivity contribution < 1.29 is 29.6 Å². The number of aromatic amines is 1. The average Bonchev–Trinajstić information content (AvgIpc) is 2.88. The van der Waals surface area contributed by atoms with Crippen LogP contribution in [0.25, 0.3) is 10.9 Å². The molecule has 0 saturated carbocycles. The van der Waals surface area contributed by atoms with Crippen molar-refractivity contribution in [2.24, 2.45) is 0 Å². The molecule has 0 spiro atoms. The Hall–Kier alpha value is -2.89. The largest absolute Gasteiger partial charge is 0.479 e. The molecule has 2 atom stereocenters. The predicted octanol–water partition coefficient (Wildman–Crippen LogP) is -0.249. The van der Waals surface area contributed by atoms with Gasteiger partial charge in [0.1, 0.15) is 6.07 Å². The van der Waals surface area contributed by atoms with Gasteiger partial charge in [0, 0.05) is 11.6 Å². The fourth-order valence-electron chi connectivity index (χ4n) is 1.74. The van der Waals surface area contributed by atoms with Crippen LogP contribution in [0.5, 0.6) is 5.75 Å². The molecule has 21 heavy (non-hydrogen) atoms. The first-order chi connectivity index (χ1) is 9.95. The number of rotatable bonds is 4. The molecule has 4 N–H and O–H groups in total. The number of nitrogens with one attached hydrogen (secondary N) is 1. The summed E-state index contributed by atoms with van der Waals surface area (Å²) in [5.41, 5.74) is 0.775. The van der Waals surface area contributed by atoms with Gasteiger partial charge in [0.15, 0.2) is 18.0 Å². The summed E-state index contributed by atoms with van der Waals surface area (Å²) in [5, 5.41) is 36.3. The number of carbonyl (C=O) groups excluding carboxylic acids is 1. The maximum atomic E-state index is 11.6. The minimum Gasteiger partial charge on any atom is -0.479 e. The SMILES string of the molecule is N#Cc1cccc2c(OC(=O)C(O)C(O)C(=O)O)c[nH]c12. The van der Waals surface area contributed by atoms with Crippen molar-refractivity contribution in [3.8, 4) is 11.8 Å². The van der Waals surface area contributed by atoms with E-state index < -0.39 is 24.1 Å². The minimum atomic E-state index is -2.28. The molecule has 8 heteroatoms. The lowest BCUT2D eigenvalue weighted by Gasteiger charge is -2.12. The molecule has 1 aromatic heterocycles. The molecular weight excluding hydrogens is 280 g/mol. The smallest absolute Gasteiger partial charge is 0.343 e. The molecule has 0 amide bonds. The molecule has 2 aromatic rings. The summed E-state index contributed by atoms with van der Waals surface area (Å²) < 4.78 is 4.85. The van der Waals surface area contributed by atoms with Crippen LogP contribution in [0.15, 0.2) is 24.4 Å². The second-order valence-corrected chi connectivity index (χ2v) is 4.14. The summed E-state index contributed by atoms with van der Waals surface area (Å²) in [6.07, 6.45) is -3.20. The molecule has 0 aliphatic heterocycles. The Bertz CT molecular complexity index is 745. The average molecular weight is 290 g/mol. The Labute approximate surface area is 117 Å². The fraction of sp³-hybridized carbons (Fsp3) is 0.154. The highest BCUT2D eigenvalue weighted by Crippen LogP contribution is 2.27. The summed E-state index contributed by atoms with van der Waals surface area (Å²) in [4.78, 5) is 24.8. The van der Waals surface area contributed by atoms with Gasteiger partial charge in [-0.3, -0.25) is 0 Å². The third-order valence-corrected chi connectivity index (χ3v) is 2.80. The highest BCUT2D eigenvalue weighted by atomic mass is 16.6. The van der Waals surface area contributed by atoms with E-state index in [0.717, 1.165) is 0 Å². The Morgan fingerprint density at radius 3 is 2.62 bits per heavy atom. The van der Waals surface area contributed by atoms with Gasteiger partial charge in [-0.15, -0.1) is 0 Å². The van der Waals surface area contributed by atoms with Crippen LogP contribution < -0.4 is 4.74 Å². The number of carboxylic acid groups (broad SMARTS) is 1. The molecule has 0 aliphatic carbocycles. The monoisotopic (exact) mass is 290 g/mol. The van der Waals surface area contributed by atoms with E-state index in [-0.39, 0.29) is 5.75 Å². The first-order valence-electron chi connectivity index (χ1n) is 5.76. The van der Waals surface area contributed by atoms with Gasteiger partial charge in [-0.05, 0) is 12.1 Å². The number of hydrogen-bond donors (Lipinski definition) is 4. The lowest BCUT2D eigenvalue weighted by molar-refractivity contribution is -0.164. The number of nitrogens with zero attached hydrogens (tertiary/aromatic N) is 1. The zero-order valence-electron chi connectivity index (χ0n) is 10.5. The lowest BCUT2D eigenvalue weighted by atomic mass is 10.1. The number of aliphatic hydroxyl groups excluding tert-OH is 2. The molecule has 2 unspecified atom stereocenters. The molecule has 0 bridgehead atoms. The van der Waals surface area contributed by atoms with Crippen molar-refractivity contribution in [3.63, 3.8) is 0 Å². The third-order valence-electron chi connectivity index (χ3n) is 2.80. The number of para-hydroxylation sites is 1. The van der Waals surface area contributed by atoms with Crippen LogP contribution in [0.4, 0.5) is 0 Å². The number of benzene rings is 1. The number of nitriles is 1. The van der Waals surface area contributed by atoms with Crippen molar-refractivity contribution in [3.05, 3.63) is 30.0 Å². The van der Waals surface area contributed by atoms with E-state index in [1.54, 1.807) is 18.2 Å². The van der Waals surface area contributed by atoms with Crippen molar-refractivity contribution >= 4 is 22.8 Å². The van der Waals surface area contributed by atoms with Crippen LogP contribution in [0, 0.1) is 11.3 Å². The van der Waals surface area contributed by atoms with Gasteiger partial charge in [-0.1, -0.05) is 6.07 Å². The van der Waals surface area contributed by atoms with Crippen LogP contribution in [0.3, 0.4) is 0 Å². The number of carbonyl (C=O) groups is 2. The number of aromatic nitrogens is 1. The number of fused-ring (bicyclic) bond motifs is 1. The van der Waals surface area contributed by atoms with Gasteiger partial charge in [0.05, 0.1) is 11.1 Å². The second-order valence-electron chi connectivity index (χ2n) is 4.14. The summed E-state index contributed by atoms with van der Waals surface area (Å²) in [7, 11) is 0. The van der Waals surface area contributed by atoms with Crippen LogP contribution in [0.2, 0.25) is 0 Å². The summed E-state index contributed by atoms with van der Waals surface area (Å²) >= 11 is 0. The van der Waals surface area contributed by atoms with E-state index in [1.165, 1.54) is 6.20 Å². The van der Waals surface area contributed by atoms with Gasteiger partial charge < -0.3 is 25.0 Å². The van der Waals surface area contributed by atoms with E-state index in [9.17, 15) is 14.7 Å². The molecule has 2 rings (SSSR count). The molecule has 0 radical (unpaired) electrons. The molecule has 0 saturated heterocycles. The first kappa shape index (κ1) is 14.5. The van der Waals surface area contributed by atoms with Gasteiger partial charge in [0.25, 0.3) is 0 Å². The zero-order valence-corrected chi connectivity index (χ0v) is 10.5. The summed E-state index contributed by atoms with van der Waals surface area (Å²) in [6.45, 7) is 0. The van der Waals surface area contributed by atoms with Crippen LogP contribution in [0.1, 0.15) is 5.56 Å². The van der Waals surface area contributed by atoms with Crippen LogP contribution >= 0.6 is 0 Å². The first-order valence-corrected chi connectivity index (χ1v) is 5.76. The van der Waals surface area contributed by atoms with E-state index in [2.05, 4.69) is 4.98 Å². The van der Waals surface area contributed by atoms with E-state index in [0.29, 0.717) is 16.5 Å². The number of carboxylic acids is 1. The highest BCUT2D eigenvalue weighted by Gasteiger charge is 2.32. The quantitative estimate of drug-likeness (QED) is 0.568. The van der Waals surface area contributed by atoms with Crippen molar-refractivity contribution in [1.29, 1.82) is 5.26 Å². The van der Waals surface area contributed by atoms with E-state index in [4.69, 9.17) is 20.2 Å². The number of aliphatic carboxylic acids is 1. The summed E-state index contributed by atoms with van der Waals surface area (Å²) in [5.74, 6) is -3.04. The summed E-state index contributed by atoms with van der Waals surface area (Å²) in [6, 6.07) is 6.67. The standard InChI is InChI=1S/C13H10N2O6/c14-4-6-2-1-3-7-8(5-15-9(6)7)21-13(20)11(17)10(16)12(18)19/h1-3,5,10-11,15-17H,(H,18,19). The Balaban J connectivity index is 2.27. The maximum absolute atomic E-state index is 11.6. The molecule has 108 valence electrons. The third kappa shape index (κ3) is 2.69. The van der Waals surface area contributed by atoms with Crippen LogP contribution in [-0.4, -0.2) is 44.5 Å². The number of esters is 1. The molecule has 1 heterocycles. The van der Waals surface area contributed by atoms with Gasteiger partial charge in [-0.25, -0.2) is 9.59 Å². The van der Waals surface area contributed by atoms with Crippen molar-refractivity contribution in [1.82, 2.24) is 4.98 Å². The van der Waals surface area contributed by atoms with Crippen molar-refractivity contribution in [2.45, 2.75) is 12.2 Å². The predicted molar refractivity (Wildman–Crippen MR) is 68.3 cm³/mol. The Morgan fingerprint density at radius 2 is 2.00 bits per heavy atom. The van der Waals surface area contributed by atoms with Gasteiger partial charge in [-0.2, -0.15) is 5.26 Å². The van der Waals surface area contributed by atoms with Crippen molar-refractivity contribution in [2.75, 3.05) is 0 Å². The Morgan fingerprint density at radius 1 is 1.29 bits per heavy atom. The number of hydrogen-bond acceptors (Lipinski definition) is 6. The molecule has 0 fully saturated rings. The Kier molecular flexibility index (Phi) is 3.89. The van der Waals surface area contributed by atoms with Crippen LogP contribution in [-0.2, 0) is 9.59 Å². The molecular formula is C13H10N2O6. The van der Waals surface area contributed by atoms with Gasteiger partial charge in [0.2, 0.25) is 0 Å². The van der Waals surface area contributed by atoms with E-state index >= 15 is 0 Å². The van der Waals surface area contributed by atoms with Gasteiger partial charge >= 0.3 is 11.9 Å². The minimum absolute atomic E-state index is 0.0174. The number of H-pyrrole nitrogens is 1. The fourth-order valence-corrected chi connectivity index (χ4v) is 1.74. The normalized spacial score (nSPS) is 13.4. The molecule has 1 aromatic carbocycles. The maximum Gasteiger partial charge on any atom is 0.343 e. The highest BCUT2D eigenvalue weighted by molar-refractivity contribution is 5.93. The molecule has 0 aliphatic rings. The lowest BCUT2D eigenvalue weighted by Crippen LogP contribution is -2.41. The second kappa shape index (κ2) is 5.62. The number of ether oxygens (including phenoxy) is 1. The van der Waals surface area contributed by atoms with E-state index in [1.807, 2.05) is 6.07 Å². The molecule has 8 nitrogen and oxygen atoms in total.